The van der Waals surface area contributed by atoms with Crippen LogP contribution in [-0.2, 0) is 13.5 Å². The Morgan fingerprint density at radius 2 is 1.56 bits per heavy atom. The van der Waals surface area contributed by atoms with Gasteiger partial charge in [-0.05, 0) is 36.6 Å². The van der Waals surface area contributed by atoms with Crippen LogP contribution in [0.4, 0.5) is 0 Å². The smallest absolute Gasteiger partial charge is 0.196 e. The Hall–Kier alpha value is -2.61. The van der Waals surface area contributed by atoms with Crippen LogP contribution in [0, 0.1) is 0 Å². The molecule has 3 rings (SSSR count). The van der Waals surface area contributed by atoms with Crippen molar-refractivity contribution in [1.82, 2.24) is 4.57 Å². The number of pyridine rings is 1. The maximum absolute atomic E-state index is 13.2. The first-order valence-corrected chi connectivity index (χ1v) is 10.1. The Labute approximate surface area is 162 Å². The number of aromatic nitrogens is 1. The molecule has 0 saturated carbocycles. The number of unbranched alkanes of at least 4 members (excludes halogenated alkanes) is 4. The first-order chi connectivity index (χ1) is 13.2. The summed E-state index contributed by atoms with van der Waals surface area (Å²) in [6.45, 7) is 2.24. The summed E-state index contributed by atoms with van der Waals surface area (Å²) in [6, 6.07) is 18.1. The van der Waals surface area contributed by atoms with Crippen LogP contribution in [0.2, 0.25) is 0 Å². The van der Waals surface area contributed by atoms with Gasteiger partial charge in [0.15, 0.2) is 5.43 Å². The summed E-state index contributed by atoms with van der Waals surface area (Å²) >= 11 is 0. The molecule has 1 aromatic heterocycles. The lowest BCUT2D eigenvalue weighted by atomic mass is 10.0. The highest BCUT2D eigenvalue weighted by Gasteiger charge is 2.12. The fraction of sp³-hybridized carbons (Fsp3) is 0.320. The molecule has 2 nitrogen and oxygen atoms in total. The molecule has 1 heterocycles. The van der Waals surface area contributed by atoms with E-state index in [1.165, 1.54) is 25.7 Å². The average molecular weight is 360 g/mol. The summed E-state index contributed by atoms with van der Waals surface area (Å²) in [5.41, 5.74) is 4.24. The summed E-state index contributed by atoms with van der Waals surface area (Å²) in [5, 5.41) is 0.794. The van der Waals surface area contributed by atoms with E-state index in [0.717, 1.165) is 40.6 Å². The maximum Gasteiger partial charge on any atom is 0.196 e. The van der Waals surface area contributed by atoms with Gasteiger partial charge in [-0.1, -0.05) is 81.1 Å². The highest BCUT2D eigenvalue weighted by Crippen LogP contribution is 2.20. The first-order valence-electron chi connectivity index (χ1n) is 10.1. The van der Waals surface area contributed by atoms with Crippen LogP contribution in [0.3, 0.4) is 0 Å². The molecule has 0 unspecified atom stereocenters. The number of fused-ring (bicyclic) bond motifs is 1. The molecule has 0 fully saturated rings. The maximum atomic E-state index is 13.2. The molecule has 0 saturated heterocycles. The van der Waals surface area contributed by atoms with Crippen molar-refractivity contribution in [3.8, 4) is 0 Å². The van der Waals surface area contributed by atoms with Gasteiger partial charge in [0.1, 0.15) is 0 Å². The van der Waals surface area contributed by atoms with Crippen molar-refractivity contribution in [2.24, 2.45) is 7.05 Å². The van der Waals surface area contributed by atoms with E-state index in [-0.39, 0.29) is 5.43 Å². The molecule has 0 aliphatic heterocycles. The van der Waals surface area contributed by atoms with E-state index in [2.05, 4.69) is 30.7 Å². The first kappa shape index (κ1) is 19.2. The number of hydrogen-bond acceptors (Lipinski definition) is 1. The second-order valence-electron chi connectivity index (χ2n) is 7.17. The van der Waals surface area contributed by atoms with Gasteiger partial charge >= 0.3 is 0 Å². The fourth-order valence-corrected chi connectivity index (χ4v) is 3.67. The van der Waals surface area contributed by atoms with E-state index >= 15 is 0 Å². The van der Waals surface area contributed by atoms with Gasteiger partial charge in [0.2, 0.25) is 0 Å². The number of para-hydroxylation sites is 1. The van der Waals surface area contributed by atoms with Crippen LogP contribution in [0.25, 0.3) is 23.1 Å². The van der Waals surface area contributed by atoms with E-state index < -0.39 is 0 Å². The minimum absolute atomic E-state index is 0.138. The predicted octanol–water partition coefficient (Wildman–Crippen LogP) is 6.22. The molecule has 140 valence electrons. The largest absolute Gasteiger partial charge is 0.347 e. The van der Waals surface area contributed by atoms with Gasteiger partial charge < -0.3 is 4.57 Å². The van der Waals surface area contributed by atoms with Gasteiger partial charge in [-0.2, -0.15) is 0 Å². The van der Waals surface area contributed by atoms with Crippen LogP contribution in [0.1, 0.15) is 55.8 Å². The molecule has 0 bridgehead atoms. The zero-order chi connectivity index (χ0) is 19.1. The normalized spacial score (nSPS) is 11.5. The Kier molecular flexibility index (Phi) is 6.64. The van der Waals surface area contributed by atoms with Crippen molar-refractivity contribution in [2.45, 2.75) is 45.4 Å². The standard InChI is InChI=1S/C25H29NO/c1-3-4-5-6-10-16-24-22(19-18-20-13-8-7-9-14-20)25(27)21-15-11-12-17-23(21)26(24)2/h7-9,11-15,17-19H,3-6,10,16H2,1-2H3/b19-18+. The van der Waals surface area contributed by atoms with E-state index in [9.17, 15) is 4.79 Å². The van der Waals surface area contributed by atoms with E-state index in [0.29, 0.717) is 0 Å². The molecule has 0 spiro atoms. The number of hydrogen-bond donors (Lipinski definition) is 0. The van der Waals surface area contributed by atoms with Crippen molar-refractivity contribution in [3.05, 3.63) is 81.6 Å². The zero-order valence-electron chi connectivity index (χ0n) is 16.4. The monoisotopic (exact) mass is 359 g/mol. The minimum atomic E-state index is 0.138. The topological polar surface area (TPSA) is 22.0 Å². The number of benzene rings is 2. The van der Waals surface area contributed by atoms with Gasteiger partial charge in [0.25, 0.3) is 0 Å². The van der Waals surface area contributed by atoms with Crippen LogP contribution in [0.5, 0.6) is 0 Å². The van der Waals surface area contributed by atoms with Crippen molar-refractivity contribution < 1.29 is 0 Å². The van der Waals surface area contributed by atoms with Gasteiger partial charge in [-0.15, -0.1) is 0 Å². The summed E-state index contributed by atoms with van der Waals surface area (Å²) in [4.78, 5) is 13.2. The lowest BCUT2D eigenvalue weighted by Gasteiger charge is -2.16. The van der Waals surface area contributed by atoms with Gasteiger partial charge in [0, 0.05) is 23.7 Å². The van der Waals surface area contributed by atoms with Crippen molar-refractivity contribution in [1.29, 1.82) is 0 Å². The molecule has 3 aromatic rings. The molecule has 0 aliphatic carbocycles. The molecule has 0 N–H and O–H groups in total. The van der Waals surface area contributed by atoms with E-state index in [1.54, 1.807) is 0 Å². The molecule has 0 amide bonds. The van der Waals surface area contributed by atoms with Crippen LogP contribution >= 0.6 is 0 Å². The fourth-order valence-electron chi connectivity index (χ4n) is 3.67. The van der Waals surface area contributed by atoms with Crippen molar-refractivity contribution in [2.75, 3.05) is 0 Å². The van der Waals surface area contributed by atoms with E-state index in [4.69, 9.17) is 0 Å². The van der Waals surface area contributed by atoms with Crippen molar-refractivity contribution in [3.63, 3.8) is 0 Å². The van der Waals surface area contributed by atoms with Crippen LogP contribution < -0.4 is 5.43 Å². The minimum Gasteiger partial charge on any atom is -0.347 e. The molecule has 2 heteroatoms. The van der Waals surface area contributed by atoms with Gasteiger partial charge in [-0.25, -0.2) is 0 Å². The number of nitrogens with zero attached hydrogens (tertiary/aromatic N) is 1. The Morgan fingerprint density at radius 3 is 2.33 bits per heavy atom. The summed E-state index contributed by atoms with van der Waals surface area (Å²) in [6.07, 6.45) is 11.1. The lowest BCUT2D eigenvalue weighted by molar-refractivity contribution is 0.620. The second-order valence-corrected chi connectivity index (χ2v) is 7.17. The molecule has 2 aromatic carbocycles. The number of aryl methyl sites for hydroxylation is 1. The van der Waals surface area contributed by atoms with Crippen LogP contribution in [0.15, 0.2) is 59.4 Å². The average Bonchev–Trinajstić information content (AvgIpc) is 2.71. The number of rotatable bonds is 8. The Balaban J connectivity index is 2.00. The second kappa shape index (κ2) is 9.36. The molecule has 0 aliphatic rings. The Morgan fingerprint density at radius 1 is 0.852 bits per heavy atom. The van der Waals surface area contributed by atoms with Crippen LogP contribution in [-0.4, -0.2) is 4.57 Å². The van der Waals surface area contributed by atoms with E-state index in [1.807, 2.05) is 54.6 Å². The third-order valence-electron chi connectivity index (χ3n) is 5.23. The predicted molar refractivity (Wildman–Crippen MR) is 117 cm³/mol. The SMILES string of the molecule is CCCCCCCc1c(/C=C/c2ccccc2)c(=O)c2ccccc2n1C. The molecule has 0 atom stereocenters. The Bertz CT molecular complexity index is 967. The highest BCUT2D eigenvalue weighted by atomic mass is 16.1. The summed E-state index contributed by atoms with van der Waals surface area (Å²) < 4.78 is 2.21. The molecular weight excluding hydrogens is 330 g/mol. The summed E-state index contributed by atoms with van der Waals surface area (Å²) in [5.74, 6) is 0. The van der Waals surface area contributed by atoms with Gasteiger partial charge in [0.05, 0.1) is 5.52 Å². The zero-order valence-corrected chi connectivity index (χ0v) is 16.4. The van der Waals surface area contributed by atoms with Gasteiger partial charge in [-0.3, -0.25) is 4.79 Å². The quantitative estimate of drug-likeness (QED) is 0.437. The molecular formula is C25H29NO. The third-order valence-corrected chi connectivity index (χ3v) is 5.23. The van der Waals surface area contributed by atoms with Crippen molar-refractivity contribution >= 4 is 23.1 Å². The lowest BCUT2D eigenvalue weighted by Crippen LogP contribution is -2.17. The molecule has 0 radical (unpaired) electrons. The summed E-state index contributed by atoms with van der Waals surface area (Å²) in [7, 11) is 2.09. The highest BCUT2D eigenvalue weighted by molar-refractivity contribution is 5.84. The third kappa shape index (κ3) is 4.57. The molecule has 27 heavy (non-hydrogen) atoms.